The molecule has 4 rings (SSSR count). The lowest BCUT2D eigenvalue weighted by Crippen LogP contribution is -2.29. The van der Waals surface area contributed by atoms with Gasteiger partial charge in [0.15, 0.2) is 0 Å². The third-order valence-electron chi connectivity index (χ3n) is 5.03. The molecule has 1 aliphatic carbocycles. The molecule has 2 aromatic heterocycles. The van der Waals surface area contributed by atoms with E-state index in [1.807, 2.05) is 10.9 Å². The lowest BCUT2D eigenvalue weighted by atomic mass is 9.75. The Morgan fingerprint density at radius 1 is 1.32 bits per heavy atom. The molecule has 2 aromatic rings. The Labute approximate surface area is 134 Å². The molecule has 1 N–H and O–H groups in total. The maximum absolute atomic E-state index is 12.2. The summed E-state index contributed by atoms with van der Waals surface area (Å²) in [4.78, 5) is 13.4. The second-order valence-corrected chi connectivity index (χ2v) is 7.47. The first-order chi connectivity index (χ1) is 10.8. The minimum atomic E-state index is 0.149. The number of rotatable bonds is 3. The van der Waals surface area contributed by atoms with Crippen LogP contribution in [-0.2, 0) is 11.3 Å². The van der Waals surface area contributed by atoms with Crippen LogP contribution in [0.5, 0.6) is 0 Å². The number of aromatic nitrogens is 2. The van der Waals surface area contributed by atoms with Crippen LogP contribution >= 0.6 is 11.3 Å². The lowest BCUT2D eigenvalue weighted by molar-refractivity contribution is -0.117. The fraction of sp³-hybridized carbons (Fsp3) is 0.529. The van der Waals surface area contributed by atoms with Crippen LogP contribution < -0.4 is 5.32 Å². The van der Waals surface area contributed by atoms with Gasteiger partial charge < -0.3 is 5.32 Å². The largest absolute Gasteiger partial charge is 0.311 e. The second-order valence-electron chi connectivity index (χ2n) is 6.44. The number of carbonyl (C=O) groups is 1. The van der Waals surface area contributed by atoms with Crippen LogP contribution in [0.25, 0.3) is 0 Å². The number of fused-ring (bicyclic) bond motifs is 1. The first-order valence-electron chi connectivity index (χ1n) is 8.19. The van der Waals surface area contributed by atoms with Gasteiger partial charge in [0.25, 0.3) is 0 Å². The molecule has 1 amide bonds. The van der Waals surface area contributed by atoms with E-state index in [2.05, 4.69) is 27.9 Å². The van der Waals surface area contributed by atoms with E-state index in [-0.39, 0.29) is 5.91 Å². The Morgan fingerprint density at radius 3 is 2.95 bits per heavy atom. The van der Waals surface area contributed by atoms with Gasteiger partial charge in [0.2, 0.25) is 5.91 Å². The van der Waals surface area contributed by atoms with Gasteiger partial charge in [-0.2, -0.15) is 5.10 Å². The van der Waals surface area contributed by atoms with Crippen molar-refractivity contribution in [1.29, 1.82) is 0 Å². The molecule has 1 fully saturated rings. The highest BCUT2D eigenvalue weighted by atomic mass is 32.1. The molecular weight excluding hydrogens is 294 g/mol. The Balaban J connectivity index is 1.63. The summed E-state index contributed by atoms with van der Waals surface area (Å²) in [6.45, 7) is 0.741. The molecule has 0 bridgehead atoms. The molecule has 5 heteroatoms. The van der Waals surface area contributed by atoms with E-state index in [1.165, 1.54) is 42.5 Å². The maximum atomic E-state index is 12.2. The number of hydrogen-bond acceptors (Lipinski definition) is 3. The quantitative estimate of drug-likeness (QED) is 0.930. The molecule has 0 aromatic carbocycles. The van der Waals surface area contributed by atoms with Crippen molar-refractivity contribution in [3.05, 3.63) is 34.2 Å². The highest BCUT2D eigenvalue weighted by molar-refractivity contribution is 7.09. The van der Waals surface area contributed by atoms with Crippen LogP contribution in [0.3, 0.4) is 0 Å². The van der Waals surface area contributed by atoms with Crippen LogP contribution in [0, 0.1) is 5.92 Å². The van der Waals surface area contributed by atoms with Crippen LogP contribution in [0.2, 0.25) is 0 Å². The van der Waals surface area contributed by atoms with Crippen LogP contribution in [0.1, 0.15) is 54.9 Å². The van der Waals surface area contributed by atoms with Gasteiger partial charge >= 0.3 is 0 Å². The van der Waals surface area contributed by atoms with Crippen LogP contribution in [-0.4, -0.2) is 15.7 Å². The normalized spacial score (nSPS) is 22.4. The van der Waals surface area contributed by atoms with E-state index >= 15 is 0 Å². The molecule has 2 aliphatic rings. The van der Waals surface area contributed by atoms with Gasteiger partial charge in [-0.15, -0.1) is 11.3 Å². The predicted molar refractivity (Wildman–Crippen MR) is 88.2 cm³/mol. The Kier molecular flexibility index (Phi) is 3.74. The summed E-state index contributed by atoms with van der Waals surface area (Å²) in [6, 6.07) is 4.17. The summed E-state index contributed by atoms with van der Waals surface area (Å²) < 4.78 is 1.95. The molecule has 1 aliphatic heterocycles. The molecule has 116 valence electrons. The van der Waals surface area contributed by atoms with E-state index in [0.29, 0.717) is 18.3 Å². The molecule has 0 spiro atoms. The predicted octanol–water partition coefficient (Wildman–Crippen LogP) is 4.00. The summed E-state index contributed by atoms with van der Waals surface area (Å²) in [6.07, 6.45) is 9.09. The summed E-state index contributed by atoms with van der Waals surface area (Å²) in [7, 11) is 0. The number of amides is 1. The lowest BCUT2D eigenvalue weighted by Gasteiger charge is -2.32. The van der Waals surface area contributed by atoms with Gasteiger partial charge in [0.05, 0.1) is 12.7 Å². The highest BCUT2D eigenvalue weighted by Gasteiger charge is 2.34. The van der Waals surface area contributed by atoms with Crippen molar-refractivity contribution >= 4 is 23.1 Å². The third kappa shape index (κ3) is 2.58. The molecule has 0 unspecified atom stereocenters. The van der Waals surface area contributed by atoms with Crippen LogP contribution in [0.4, 0.5) is 5.82 Å². The molecule has 0 saturated heterocycles. The third-order valence-corrected chi connectivity index (χ3v) is 5.90. The second kappa shape index (κ2) is 5.88. The smallest absolute Gasteiger partial charge is 0.226 e. The van der Waals surface area contributed by atoms with E-state index in [9.17, 15) is 4.79 Å². The summed E-state index contributed by atoms with van der Waals surface area (Å²) in [5.41, 5.74) is 1.25. The molecule has 4 nitrogen and oxygen atoms in total. The van der Waals surface area contributed by atoms with Crippen molar-refractivity contribution in [2.75, 3.05) is 5.32 Å². The number of anilines is 1. The minimum Gasteiger partial charge on any atom is -0.311 e. The molecule has 1 atom stereocenters. The van der Waals surface area contributed by atoms with Gasteiger partial charge in [-0.05, 0) is 30.2 Å². The first-order valence-corrected chi connectivity index (χ1v) is 9.07. The Morgan fingerprint density at radius 2 is 2.18 bits per heavy atom. The zero-order valence-corrected chi connectivity index (χ0v) is 13.4. The van der Waals surface area contributed by atoms with Gasteiger partial charge in [-0.1, -0.05) is 25.3 Å². The van der Waals surface area contributed by atoms with Gasteiger partial charge in [0, 0.05) is 22.8 Å². The average Bonchev–Trinajstić information content (AvgIpc) is 3.18. The Bertz CT molecular complexity index is 656. The summed E-state index contributed by atoms with van der Waals surface area (Å²) >= 11 is 1.73. The van der Waals surface area contributed by atoms with Gasteiger partial charge in [-0.25, -0.2) is 4.68 Å². The maximum Gasteiger partial charge on any atom is 0.226 e. The minimum absolute atomic E-state index is 0.149. The van der Waals surface area contributed by atoms with Gasteiger partial charge in [0.1, 0.15) is 5.82 Å². The van der Waals surface area contributed by atoms with Crippen LogP contribution in [0.15, 0.2) is 23.7 Å². The first kappa shape index (κ1) is 14.0. The summed E-state index contributed by atoms with van der Waals surface area (Å²) in [5, 5.41) is 9.70. The van der Waals surface area contributed by atoms with Crippen molar-refractivity contribution in [2.24, 2.45) is 5.92 Å². The highest BCUT2D eigenvalue weighted by Crippen LogP contribution is 2.43. The number of nitrogens with zero attached hydrogens (tertiary/aromatic N) is 2. The number of carbonyl (C=O) groups excluding carboxylic acids is 1. The fourth-order valence-corrected chi connectivity index (χ4v) is 4.61. The molecule has 3 heterocycles. The van der Waals surface area contributed by atoms with E-state index in [0.717, 1.165) is 12.4 Å². The number of nitrogens with one attached hydrogen (secondary N) is 1. The zero-order valence-electron chi connectivity index (χ0n) is 12.6. The van der Waals surface area contributed by atoms with Crippen molar-refractivity contribution in [1.82, 2.24) is 9.78 Å². The van der Waals surface area contributed by atoms with E-state index in [4.69, 9.17) is 0 Å². The Hall–Kier alpha value is -1.62. The topological polar surface area (TPSA) is 46.9 Å². The molecular formula is C17H21N3OS. The van der Waals surface area contributed by atoms with Crippen molar-refractivity contribution in [3.63, 3.8) is 0 Å². The van der Waals surface area contributed by atoms with Crippen molar-refractivity contribution in [3.8, 4) is 0 Å². The standard InChI is InChI=1S/C17H21N3OS/c21-16-9-14(12-5-2-1-3-6-12)15-10-18-20(17(15)19-16)11-13-7-4-8-22-13/h4,7-8,10,12,14H,1-3,5-6,9,11H2,(H,19,21)/t14-/m1/s1. The molecule has 0 radical (unpaired) electrons. The molecule has 1 saturated carbocycles. The fourth-order valence-electron chi connectivity index (χ4n) is 3.93. The van der Waals surface area contributed by atoms with Crippen molar-refractivity contribution < 1.29 is 4.79 Å². The van der Waals surface area contributed by atoms with Gasteiger partial charge in [-0.3, -0.25) is 4.79 Å². The van der Waals surface area contributed by atoms with E-state index < -0.39 is 0 Å². The SMILES string of the molecule is O=C1C[C@H](C2CCCCC2)c2cnn(Cc3cccs3)c2N1. The zero-order chi connectivity index (χ0) is 14.9. The number of thiophene rings is 1. The summed E-state index contributed by atoms with van der Waals surface area (Å²) in [5.74, 6) is 2.09. The number of hydrogen-bond donors (Lipinski definition) is 1. The monoisotopic (exact) mass is 315 g/mol. The average molecular weight is 315 g/mol. The molecule has 22 heavy (non-hydrogen) atoms. The van der Waals surface area contributed by atoms with E-state index in [1.54, 1.807) is 11.3 Å². The van der Waals surface area contributed by atoms with Crippen molar-refractivity contribution in [2.45, 2.75) is 51.0 Å².